The number of benzene rings is 1. The van der Waals surface area contributed by atoms with Crippen molar-refractivity contribution in [2.45, 2.75) is 25.4 Å². The van der Waals surface area contributed by atoms with Gasteiger partial charge in [-0.2, -0.15) is 0 Å². The van der Waals surface area contributed by atoms with Crippen molar-refractivity contribution < 1.29 is 0 Å². The molecule has 3 heterocycles. The molecule has 1 aromatic carbocycles. The second-order valence-electron chi connectivity index (χ2n) is 5.74. The van der Waals surface area contributed by atoms with Crippen molar-refractivity contribution >= 4 is 17.0 Å². The first-order valence-corrected chi connectivity index (χ1v) is 7.98. The molecule has 2 atom stereocenters. The second-order valence-corrected chi connectivity index (χ2v) is 6.69. The van der Waals surface area contributed by atoms with Crippen molar-refractivity contribution in [1.82, 2.24) is 4.90 Å². The highest BCUT2D eigenvalue weighted by atomic mass is 32.1. The summed E-state index contributed by atoms with van der Waals surface area (Å²) in [5.41, 5.74) is 4.18. The molecule has 4 rings (SSSR count). The first kappa shape index (κ1) is 12.0. The smallest absolute Gasteiger partial charge is 0.106 e. The maximum atomic E-state index is 2.42. The summed E-state index contributed by atoms with van der Waals surface area (Å²) in [5, 5.41) is 2.14. The maximum absolute atomic E-state index is 2.42. The average molecular weight is 282 g/mol. The van der Waals surface area contributed by atoms with E-state index in [1.54, 1.807) is 11.3 Å². The molecule has 0 fully saturated rings. The number of fused-ring (bicyclic) bond motifs is 3. The Labute approximate surface area is 124 Å². The van der Waals surface area contributed by atoms with Crippen LogP contribution in [-0.2, 0) is 0 Å². The molecular formula is C17H18N2S. The van der Waals surface area contributed by atoms with Gasteiger partial charge in [0, 0.05) is 30.0 Å². The third-order valence-corrected chi connectivity index (χ3v) is 5.38. The largest absolute Gasteiger partial charge is 0.359 e. The van der Waals surface area contributed by atoms with Crippen LogP contribution in [0.4, 0.5) is 5.69 Å². The van der Waals surface area contributed by atoms with Crippen LogP contribution in [0.2, 0.25) is 0 Å². The minimum absolute atomic E-state index is 0.482. The molecular weight excluding hydrogens is 264 g/mol. The van der Waals surface area contributed by atoms with Crippen LogP contribution in [0.25, 0.3) is 10.4 Å². The molecule has 0 spiro atoms. The topological polar surface area (TPSA) is 6.48 Å². The third-order valence-electron chi connectivity index (χ3n) is 4.46. The Hall–Kier alpha value is -1.74. The van der Waals surface area contributed by atoms with Gasteiger partial charge in [-0.3, -0.25) is 0 Å². The lowest BCUT2D eigenvalue weighted by Crippen LogP contribution is -2.41. The molecule has 20 heavy (non-hydrogen) atoms. The van der Waals surface area contributed by atoms with Crippen molar-refractivity contribution in [3.8, 4) is 10.4 Å². The molecule has 1 unspecified atom stereocenters. The predicted octanol–water partition coefficient (Wildman–Crippen LogP) is 4.47. The summed E-state index contributed by atoms with van der Waals surface area (Å²) < 4.78 is 0. The molecule has 2 nitrogen and oxygen atoms in total. The molecule has 2 aliphatic heterocycles. The monoisotopic (exact) mass is 282 g/mol. The second kappa shape index (κ2) is 4.38. The maximum Gasteiger partial charge on any atom is 0.106 e. The van der Waals surface area contributed by atoms with Gasteiger partial charge in [-0.25, -0.2) is 0 Å². The molecule has 2 aliphatic rings. The van der Waals surface area contributed by atoms with Gasteiger partial charge in [0.25, 0.3) is 0 Å². The number of anilines is 1. The van der Waals surface area contributed by atoms with E-state index in [0.717, 1.165) is 0 Å². The van der Waals surface area contributed by atoms with Gasteiger partial charge in [-0.1, -0.05) is 25.1 Å². The van der Waals surface area contributed by atoms with Crippen LogP contribution in [0.3, 0.4) is 0 Å². The van der Waals surface area contributed by atoms with Crippen LogP contribution >= 0.6 is 11.3 Å². The molecule has 0 amide bonds. The molecule has 0 bridgehead atoms. The summed E-state index contributed by atoms with van der Waals surface area (Å²) in [6.07, 6.45) is 6.07. The molecule has 0 radical (unpaired) electrons. The number of thiophene rings is 1. The Morgan fingerprint density at radius 2 is 2.10 bits per heavy atom. The van der Waals surface area contributed by atoms with Crippen molar-refractivity contribution in [2.24, 2.45) is 0 Å². The minimum atomic E-state index is 0.482. The fourth-order valence-corrected chi connectivity index (χ4v) is 4.04. The number of hydrogen-bond acceptors (Lipinski definition) is 3. The Morgan fingerprint density at radius 3 is 2.90 bits per heavy atom. The quantitative estimate of drug-likeness (QED) is 0.761. The zero-order valence-electron chi connectivity index (χ0n) is 11.8. The van der Waals surface area contributed by atoms with Gasteiger partial charge in [0.15, 0.2) is 0 Å². The predicted molar refractivity (Wildman–Crippen MR) is 86.0 cm³/mol. The van der Waals surface area contributed by atoms with Crippen LogP contribution in [0.5, 0.6) is 0 Å². The summed E-state index contributed by atoms with van der Waals surface area (Å²) in [5.74, 6) is 0.617. The summed E-state index contributed by atoms with van der Waals surface area (Å²) in [7, 11) is 2.17. The minimum Gasteiger partial charge on any atom is -0.359 e. The molecule has 0 saturated carbocycles. The van der Waals surface area contributed by atoms with Crippen LogP contribution < -0.4 is 4.90 Å². The van der Waals surface area contributed by atoms with Gasteiger partial charge >= 0.3 is 0 Å². The summed E-state index contributed by atoms with van der Waals surface area (Å²) >= 11 is 1.81. The Balaban J connectivity index is 1.83. The zero-order chi connectivity index (χ0) is 13.7. The Kier molecular flexibility index (Phi) is 2.64. The summed E-state index contributed by atoms with van der Waals surface area (Å²) in [4.78, 5) is 6.09. The highest BCUT2D eigenvalue weighted by molar-refractivity contribution is 7.13. The molecule has 3 heteroatoms. The fraction of sp³-hybridized carbons (Fsp3) is 0.294. The van der Waals surface area contributed by atoms with Crippen molar-refractivity contribution in [2.75, 3.05) is 11.9 Å². The molecule has 102 valence electrons. The molecule has 1 aromatic heterocycles. The van der Waals surface area contributed by atoms with Crippen molar-refractivity contribution in [1.29, 1.82) is 0 Å². The Morgan fingerprint density at radius 1 is 1.20 bits per heavy atom. The average Bonchev–Trinajstić information content (AvgIpc) is 3.10. The first-order valence-electron chi connectivity index (χ1n) is 7.10. The lowest BCUT2D eigenvalue weighted by atomic mass is 9.89. The van der Waals surface area contributed by atoms with Crippen LogP contribution in [-0.4, -0.2) is 18.1 Å². The van der Waals surface area contributed by atoms with E-state index in [-0.39, 0.29) is 0 Å². The lowest BCUT2D eigenvalue weighted by molar-refractivity contribution is 0.314. The van der Waals surface area contributed by atoms with Crippen LogP contribution in [0.1, 0.15) is 24.8 Å². The van der Waals surface area contributed by atoms with Crippen LogP contribution in [0, 0.1) is 0 Å². The van der Waals surface area contributed by atoms with Gasteiger partial charge < -0.3 is 9.80 Å². The van der Waals surface area contributed by atoms with E-state index in [4.69, 9.17) is 0 Å². The number of rotatable bonds is 1. The van der Waals surface area contributed by atoms with Crippen molar-refractivity contribution in [3.63, 3.8) is 0 Å². The number of hydrogen-bond donors (Lipinski definition) is 0. The van der Waals surface area contributed by atoms with Gasteiger partial charge in [0.05, 0.1) is 0 Å². The zero-order valence-corrected chi connectivity index (χ0v) is 12.6. The van der Waals surface area contributed by atoms with Gasteiger partial charge in [0.1, 0.15) is 6.17 Å². The van der Waals surface area contributed by atoms with Gasteiger partial charge in [0.2, 0.25) is 0 Å². The highest BCUT2D eigenvalue weighted by Crippen LogP contribution is 2.43. The van der Waals surface area contributed by atoms with E-state index in [1.165, 1.54) is 28.1 Å². The molecule has 0 aliphatic carbocycles. The summed E-state index contributed by atoms with van der Waals surface area (Å²) in [6.45, 7) is 2.34. The fourth-order valence-electron chi connectivity index (χ4n) is 3.32. The van der Waals surface area contributed by atoms with E-state index < -0.39 is 0 Å². The molecule has 0 saturated heterocycles. The third kappa shape index (κ3) is 1.70. The van der Waals surface area contributed by atoms with E-state index in [2.05, 4.69) is 71.9 Å². The van der Waals surface area contributed by atoms with Gasteiger partial charge in [-0.15, -0.1) is 11.3 Å². The van der Waals surface area contributed by atoms with E-state index in [1.807, 2.05) is 0 Å². The van der Waals surface area contributed by atoms with Crippen molar-refractivity contribution in [3.05, 3.63) is 53.7 Å². The molecule has 2 aromatic rings. The van der Waals surface area contributed by atoms with E-state index >= 15 is 0 Å². The highest BCUT2D eigenvalue weighted by Gasteiger charge is 2.34. The first-order chi connectivity index (χ1) is 9.74. The summed E-state index contributed by atoms with van der Waals surface area (Å²) in [6, 6.07) is 11.3. The van der Waals surface area contributed by atoms with Crippen LogP contribution in [0.15, 0.2) is 48.1 Å². The van der Waals surface area contributed by atoms with E-state index in [9.17, 15) is 0 Å². The Bertz CT molecular complexity index is 660. The lowest BCUT2D eigenvalue weighted by Gasteiger charge is -2.39. The van der Waals surface area contributed by atoms with E-state index in [0.29, 0.717) is 12.1 Å². The standard InChI is InChI=1S/C17H18N2S/c1-12-10-17-18(2)7-8-19(17)15-11-13(5-6-14(12)15)16-4-3-9-20-16/h3-9,11-12,17H,10H2,1-2H3/t12?,17-/m1/s1. The number of nitrogens with zero attached hydrogens (tertiary/aromatic N) is 2. The van der Waals surface area contributed by atoms with Gasteiger partial charge in [-0.05, 0) is 41.0 Å². The normalized spacial score (nSPS) is 23.9. The SMILES string of the molecule is CC1C[C@@H]2N(C)C=CN2c2cc(-c3cccs3)ccc21. The molecule has 0 N–H and O–H groups in total.